The third-order valence-corrected chi connectivity index (χ3v) is 6.38. The van der Waals surface area contributed by atoms with Crippen LogP contribution in [0.25, 0.3) is 0 Å². The van der Waals surface area contributed by atoms with E-state index in [1.807, 2.05) is 17.0 Å². The molecule has 1 unspecified atom stereocenters. The van der Waals surface area contributed by atoms with Crippen molar-refractivity contribution in [1.29, 1.82) is 0 Å². The number of carbonyl (C=O) groups excluding carboxylic acids is 1. The third kappa shape index (κ3) is 2.50. The fraction of sp³-hybridized carbons (Fsp3) is 0.409. The number of nitrogens with zero attached hydrogens (tertiary/aromatic N) is 2. The number of hydrogen-bond donors (Lipinski definition) is 0. The zero-order valence-corrected chi connectivity index (χ0v) is 16.1. The molecule has 0 saturated carbocycles. The maximum atomic E-state index is 12.9. The van der Waals surface area contributed by atoms with E-state index < -0.39 is 0 Å². The first-order valence-corrected chi connectivity index (χ1v) is 10.0. The minimum absolute atomic E-state index is 0.143. The highest BCUT2D eigenvalue weighted by Gasteiger charge is 2.50. The Morgan fingerprint density at radius 3 is 2.62 bits per heavy atom. The van der Waals surface area contributed by atoms with Crippen LogP contribution in [0.5, 0.6) is 17.2 Å². The van der Waals surface area contributed by atoms with Crippen LogP contribution in [-0.4, -0.2) is 63.6 Å². The summed E-state index contributed by atoms with van der Waals surface area (Å²) in [5, 5.41) is 0. The molecule has 0 aliphatic carbocycles. The number of fused-ring (bicyclic) bond motifs is 5. The zero-order chi connectivity index (χ0) is 19.4. The number of para-hydroxylation sites is 1. The molecule has 0 N–H and O–H groups in total. The lowest BCUT2D eigenvalue weighted by molar-refractivity contribution is -0.133. The number of hydrogen-bond acceptors (Lipinski definition) is 6. The van der Waals surface area contributed by atoms with Crippen molar-refractivity contribution in [3.63, 3.8) is 0 Å². The molecule has 6 rings (SSSR count). The van der Waals surface area contributed by atoms with Crippen molar-refractivity contribution in [3.05, 3.63) is 47.5 Å². The van der Waals surface area contributed by atoms with Gasteiger partial charge in [0.15, 0.2) is 11.5 Å². The maximum absolute atomic E-state index is 12.9. The van der Waals surface area contributed by atoms with Crippen LogP contribution in [0.1, 0.15) is 11.1 Å². The molecule has 2 aromatic carbocycles. The lowest BCUT2D eigenvalue weighted by Crippen LogP contribution is -2.46. The molecule has 0 radical (unpaired) electrons. The standard InChI is InChI=1S/C22H22N2O5/c25-21(23-5-7-26-8-6-23)11-24-12-22(15-3-1-2-4-17(15)24)13-27-18-10-20-19(9-16(18)22)28-14-29-20/h1-4,9-10H,5-8,11-14H2. The van der Waals surface area contributed by atoms with E-state index >= 15 is 0 Å². The molecule has 150 valence electrons. The summed E-state index contributed by atoms with van der Waals surface area (Å²) in [7, 11) is 0. The molecule has 4 heterocycles. The van der Waals surface area contributed by atoms with Crippen molar-refractivity contribution in [2.45, 2.75) is 5.41 Å². The van der Waals surface area contributed by atoms with Gasteiger partial charge in [-0.15, -0.1) is 0 Å². The van der Waals surface area contributed by atoms with Gasteiger partial charge in [0.2, 0.25) is 12.7 Å². The molecule has 1 fully saturated rings. The molecule has 2 aromatic rings. The van der Waals surface area contributed by atoms with Gasteiger partial charge in [-0.05, 0) is 17.7 Å². The average Bonchev–Trinajstić information content (AvgIpc) is 3.45. The molecule has 7 nitrogen and oxygen atoms in total. The monoisotopic (exact) mass is 394 g/mol. The Balaban J connectivity index is 1.36. The summed E-state index contributed by atoms with van der Waals surface area (Å²) in [6, 6.07) is 12.3. The molecule has 1 saturated heterocycles. The highest BCUT2D eigenvalue weighted by molar-refractivity contribution is 5.84. The second-order valence-corrected chi connectivity index (χ2v) is 7.94. The minimum atomic E-state index is -0.307. The van der Waals surface area contributed by atoms with Crippen molar-refractivity contribution in [2.75, 3.05) is 57.7 Å². The molecule has 4 aliphatic heterocycles. The molecule has 1 amide bonds. The number of carbonyl (C=O) groups is 1. The summed E-state index contributed by atoms with van der Waals surface area (Å²) in [5.41, 5.74) is 3.10. The highest BCUT2D eigenvalue weighted by atomic mass is 16.7. The first-order chi connectivity index (χ1) is 14.2. The fourth-order valence-electron chi connectivity index (χ4n) is 4.92. The summed E-state index contributed by atoms with van der Waals surface area (Å²) in [6.45, 7) is 4.39. The summed E-state index contributed by atoms with van der Waals surface area (Å²) < 4.78 is 22.6. The van der Waals surface area contributed by atoms with Gasteiger partial charge in [-0.25, -0.2) is 0 Å². The van der Waals surface area contributed by atoms with Crippen LogP contribution < -0.4 is 19.1 Å². The number of rotatable bonds is 2. The molecular formula is C22H22N2O5. The fourth-order valence-corrected chi connectivity index (χ4v) is 4.92. The Kier molecular flexibility index (Phi) is 3.68. The van der Waals surface area contributed by atoms with E-state index in [1.54, 1.807) is 0 Å². The first kappa shape index (κ1) is 17.0. The predicted molar refractivity (Wildman–Crippen MR) is 105 cm³/mol. The number of amides is 1. The van der Waals surface area contributed by atoms with Gasteiger partial charge in [-0.2, -0.15) is 0 Å². The maximum Gasteiger partial charge on any atom is 0.242 e. The van der Waals surface area contributed by atoms with E-state index in [4.69, 9.17) is 18.9 Å². The van der Waals surface area contributed by atoms with E-state index in [0.29, 0.717) is 46.0 Å². The molecule has 1 spiro atoms. The molecular weight excluding hydrogens is 372 g/mol. The van der Waals surface area contributed by atoms with Crippen molar-refractivity contribution in [3.8, 4) is 17.2 Å². The molecule has 7 heteroatoms. The molecule has 29 heavy (non-hydrogen) atoms. The number of ether oxygens (including phenoxy) is 4. The van der Waals surface area contributed by atoms with Crippen LogP contribution in [0.15, 0.2) is 36.4 Å². The van der Waals surface area contributed by atoms with Crippen molar-refractivity contribution < 1.29 is 23.7 Å². The largest absolute Gasteiger partial charge is 0.492 e. The van der Waals surface area contributed by atoms with Crippen molar-refractivity contribution in [2.24, 2.45) is 0 Å². The van der Waals surface area contributed by atoms with E-state index in [1.165, 1.54) is 5.56 Å². The Morgan fingerprint density at radius 2 is 1.76 bits per heavy atom. The first-order valence-electron chi connectivity index (χ1n) is 10.0. The number of morpholine rings is 1. The van der Waals surface area contributed by atoms with Crippen LogP contribution >= 0.6 is 0 Å². The summed E-state index contributed by atoms with van der Waals surface area (Å²) in [4.78, 5) is 17.0. The van der Waals surface area contributed by atoms with Crippen LogP contribution in [0.2, 0.25) is 0 Å². The van der Waals surface area contributed by atoms with Gasteiger partial charge in [0.05, 0.1) is 25.2 Å². The Hall–Kier alpha value is -2.93. The number of benzene rings is 2. The van der Waals surface area contributed by atoms with E-state index in [9.17, 15) is 4.79 Å². The predicted octanol–water partition coefficient (Wildman–Crippen LogP) is 1.77. The average molecular weight is 394 g/mol. The van der Waals surface area contributed by atoms with Crippen molar-refractivity contribution in [1.82, 2.24) is 4.90 Å². The van der Waals surface area contributed by atoms with E-state index in [0.717, 1.165) is 28.5 Å². The Bertz CT molecular complexity index is 987. The molecule has 4 aliphatic rings. The normalized spacial score (nSPS) is 23.9. The SMILES string of the molecule is O=C(CN1CC2(COc3cc4c(cc32)OCO4)c2ccccc21)N1CCOCC1. The zero-order valence-electron chi connectivity index (χ0n) is 16.1. The molecule has 0 aromatic heterocycles. The second-order valence-electron chi connectivity index (χ2n) is 7.94. The van der Waals surface area contributed by atoms with Gasteiger partial charge < -0.3 is 28.7 Å². The number of anilines is 1. The minimum Gasteiger partial charge on any atom is -0.492 e. The Labute approximate surface area is 168 Å². The molecule has 0 bridgehead atoms. The van der Waals surface area contributed by atoms with Crippen molar-refractivity contribution >= 4 is 11.6 Å². The van der Waals surface area contributed by atoms with Gasteiger partial charge in [-0.3, -0.25) is 4.79 Å². The van der Waals surface area contributed by atoms with Gasteiger partial charge in [0.1, 0.15) is 12.4 Å². The summed E-state index contributed by atoms with van der Waals surface area (Å²) >= 11 is 0. The highest BCUT2D eigenvalue weighted by Crippen LogP contribution is 2.54. The third-order valence-electron chi connectivity index (χ3n) is 6.38. The van der Waals surface area contributed by atoms with Gasteiger partial charge in [0, 0.05) is 37.0 Å². The van der Waals surface area contributed by atoms with Crippen LogP contribution in [-0.2, 0) is 14.9 Å². The summed E-state index contributed by atoms with van der Waals surface area (Å²) in [5.74, 6) is 2.47. The lowest BCUT2D eigenvalue weighted by atomic mass is 9.77. The van der Waals surface area contributed by atoms with Gasteiger partial charge in [-0.1, -0.05) is 18.2 Å². The van der Waals surface area contributed by atoms with Crippen LogP contribution in [0.4, 0.5) is 5.69 Å². The second kappa shape index (κ2) is 6.29. The smallest absolute Gasteiger partial charge is 0.242 e. The summed E-state index contributed by atoms with van der Waals surface area (Å²) in [6.07, 6.45) is 0. The molecule has 1 atom stereocenters. The Morgan fingerprint density at radius 1 is 0.966 bits per heavy atom. The quantitative estimate of drug-likeness (QED) is 0.774. The van der Waals surface area contributed by atoms with E-state index in [-0.39, 0.29) is 18.1 Å². The van der Waals surface area contributed by atoms with Gasteiger partial charge >= 0.3 is 0 Å². The van der Waals surface area contributed by atoms with Gasteiger partial charge in [0.25, 0.3) is 0 Å². The van der Waals surface area contributed by atoms with E-state index in [2.05, 4.69) is 29.2 Å². The van der Waals surface area contributed by atoms with Crippen LogP contribution in [0, 0.1) is 0 Å². The topological polar surface area (TPSA) is 60.5 Å². The lowest BCUT2D eigenvalue weighted by Gasteiger charge is -2.30. The van der Waals surface area contributed by atoms with Crippen LogP contribution in [0.3, 0.4) is 0 Å².